The van der Waals surface area contributed by atoms with Gasteiger partial charge in [0.2, 0.25) is 6.08 Å². The van der Waals surface area contributed by atoms with Crippen LogP contribution in [-0.2, 0) is 4.79 Å². The lowest BCUT2D eigenvalue weighted by molar-refractivity contribution is 0.417. The van der Waals surface area contributed by atoms with E-state index in [4.69, 9.17) is 0 Å². The Hall–Kier alpha value is -0.620. The molecule has 0 aromatic heterocycles. The zero-order valence-electron chi connectivity index (χ0n) is 5.92. The number of hydrogen-bond acceptors (Lipinski definition) is 2. The zero-order valence-corrected chi connectivity index (χ0v) is 5.92. The summed E-state index contributed by atoms with van der Waals surface area (Å²) in [6.07, 6.45) is 6.80. The molecule has 2 heteroatoms. The van der Waals surface area contributed by atoms with Crippen LogP contribution in [0.3, 0.4) is 0 Å². The molecule has 54 valence electrons. The molecule has 0 heterocycles. The first-order valence-electron chi connectivity index (χ1n) is 3.97. The lowest BCUT2D eigenvalue weighted by Gasteiger charge is -2.14. The van der Waals surface area contributed by atoms with Gasteiger partial charge in [0.05, 0.1) is 6.04 Å². The Morgan fingerprint density at radius 3 is 2.70 bits per heavy atom. The van der Waals surface area contributed by atoms with Crippen LogP contribution in [0.5, 0.6) is 0 Å². The number of nitrogens with zero attached hydrogens (tertiary/aromatic N) is 1. The van der Waals surface area contributed by atoms with Crippen molar-refractivity contribution in [2.45, 2.75) is 31.7 Å². The molecule has 10 heavy (non-hydrogen) atoms. The van der Waals surface area contributed by atoms with Crippen molar-refractivity contribution in [3.63, 3.8) is 0 Å². The van der Waals surface area contributed by atoms with Crippen LogP contribution in [0.1, 0.15) is 25.7 Å². The molecular formula is C8H11NO. The second-order valence-electron chi connectivity index (χ2n) is 3.46. The molecule has 3 atom stereocenters. The fraction of sp³-hybridized carbons (Fsp3) is 0.875. The van der Waals surface area contributed by atoms with E-state index in [1.807, 2.05) is 0 Å². The first-order valence-corrected chi connectivity index (χ1v) is 3.97. The number of hydrogen-bond donors (Lipinski definition) is 0. The molecule has 0 aromatic carbocycles. The molecule has 0 aromatic rings. The third-order valence-electron chi connectivity index (χ3n) is 2.92. The molecule has 2 fully saturated rings. The molecule has 0 radical (unpaired) electrons. The third kappa shape index (κ3) is 0.800. The van der Waals surface area contributed by atoms with E-state index in [9.17, 15) is 4.79 Å². The molecule has 2 saturated carbocycles. The molecule has 0 saturated heterocycles. The Morgan fingerprint density at radius 2 is 2.20 bits per heavy atom. The maximum absolute atomic E-state index is 9.95. The summed E-state index contributed by atoms with van der Waals surface area (Å²) in [4.78, 5) is 13.7. The average Bonchev–Trinajstić information content (AvgIpc) is 2.48. The van der Waals surface area contributed by atoms with Crippen LogP contribution in [-0.4, -0.2) is 12.1 Å². The maximum Gasteiger partial charge on any atom is 0.235 e. The van der Waals surface area contributed by atoms with E-state index in [0.29, 0.717) is 6.04 Å². The van der Waals surface area contributed by atoms with Crippen LogP contribution in [0.4, 0.5) is 0 Å². The minimum atomic E-state index is 0.344. The SMILES string of the molecule is O=C=N[C@H]1C[C@@H]2CC[C@H]1C2. The molecule has 0 spiro atoms. The molecule has 2 bridgehead atoms. The van der Waals surface area contributed by atoms with Crippen LogP contribution < -0.4 is 0 Å². The third-order valence-corrected chi connectivity index (χ3v) is 2.92. The minimum Gasteiger partial charge on any atom is -0.211 e. The second-order valence-corrected chi connectivity index (χ2v) is 3.46. The van der Waals surface area contributed by atoms with Gasteiger partial charge in [0, 0.05) is 0 Å². The van der Waals surface area contributed by atoms with Crippen molar-refractivity contribution in [3.05, 3.63) is 0 Å². The van der Waals surface area contributed by atoms with Gasteiger partial charge in [-0.1, -0.05) is 6.42 Å². The van der Waals surface area contributed by atoms with Crippen LogP contribution in [0.15, 0.2) is 4.99 Å². The normalized spacial score (nSPS) is 43.4. The van der Waals surface area contributed by atoms with Crippen LogP contribution in [0.2, 0.25) is 0 Å². The summed E-state index contributed by atoms with van der Waals surface area (Å²) in [6, 6.07) is 0.344. The van der Waals surface area contributed by atoms with Gasteiger partial charge in [-0.3, -0.25) is 0 Å². The quantitative estimate of drug-likeness (QED) is 0.398. The summed E-state index contributed by atoms with van der Waals surface area (Å²) in [7, 11) is 0. The number of isocyanates is 1. The van der Waals surface area contributed by atoms with Gasteiger partial charge in [0.15, 0.2) is 0 Å². The van der Waals surface area contributed by atoms with Gasteiger partial charge in [-0.25, -0.2) is 9.79 Å². The highest BCUT2D eigenvalue weighted by atomic mass is 16.1. The zero-order chi connectivity index (χ0) is 6.97. The van der Waals surface area contributed by atoms with Gasteiger partial charge in [-0.2, -0.15) is 0 Å². The molecule has 0 N–H and O–H groups in total. The highest BCUT2D eigenvalue weighted by Gasteiger charge is 2.39. The molecule has 0 aliphatic heterocycles. The van der Waals surface area contributed by atoms with Gasteiger partial charge in [-0.15, -0.1) is 0 Å². The van der Waals surface area contributed by atoms with E-state index in [0.717, 1.165) is 18.3 Å². The van der Waals surface area contributed by atoms with Crippen molar-refractivity contribution in [1.82, 2.24) is 0 Å². The Labute approximate surface area is 60.3 Å². The number of carbonyl (C=O) groups excluding carboxylic acids is 1. The van der Waals surface area contributed by atoms with E-state index in [-0.39, 0.29) is 0 Å². The summed E-state index contributed by atoms with van der Waals surface area (Å²) in [5, 5.41) is 0. The highest BCUT2D eigenvalue weighted by molar-refractivity contribution is 5.34. The molecular weight excluding hydrogens is 126 g/mol. The summed E-state index contributed by atoms with van der Waals surface area (Å²) in [6.45, 7) is 0. The highest BCUT2D eigenvalue weighted by Crippen LogP contribution is 2.45. The lowest BCUT2D eigenvalue weighted by atomic mass is 9.96. The van der Waals surface area contributed by atoms with Gasteiger partial charge >= 0.3 is 0 Å². The summed E-state index contributed by atoms with van der Waals surface area (Å²) in [5.41, 5.74) is 0. The Kier molecular flexibility index (Phi) is 1.35. The predicted octanol–water partition coefficient (Wildman–Crippen LogP) is 1.51. The number of fused-ring (bicyclic) bond motifs is 2. The van der Waals surface area contributed by atoms with Crippen LogP contribution >= 0.6 is 0 Å². The molecule has 0 amide bonds. The molecule has 2 rings (SSSR count). The minimum absolute atomic E-state index is 0.344. The van der Waals surface area contributed by atoms with Crippen molar-refractivity contribution in [1.29, 1.82) is 0 Å². The molecule has 2 aliphatic rings. The number of rotatable bonds is 1. The van der Waals surface area contributed by atoms with Crippen molar-refractivity contribution >= 4 is 6.08 Å². The lowest BCUT2D eigenvalue weighted by Crippen LogP contribution is -2.13. The average molecular weight is 137 g/mol. The van der Waals surface area contributed by atoms with Gasteiger partial charge in [0.1, 0.15) is 0 Å². The largest absolute Gasteiger partial charge is 0.235 e. The topological polar surface area (TPSA) is 29.4 Å². The first-order chi connectivity index (χ1) is 4.90. The summed E-state index contributed by atoms with van der Waals surface area (Å²) < 4.78 is 0. The smallest absolute Gasteiger partial charge is 0.211 e. The Bertz CT molecular complexity index is 184. The van der Waals surface area contributed by atoms with Crippen molar-refractivity contribution in [2.75, 3.05) is 0 Å². The maximum atomic E-state index is 9.95. The summed E-state index contributed by atoms with van der Waals surface area (Å²) in [5.74, 6) is 1.61. The van der Waals surface area contributed by atoms with E-state index < -0.39 is 0 Å². The van der Waals surface area contributed by atoms with E-state index >= 15 is 0 Å². The molecule has 2 aliphatic carbocycles. The van der Waals surface area contributed by atoms with E-state index in [1.54, 1.807) is 6.08 Å². The molecule has 0 unspecified atom stereocenters. The van der Waals surface area contributed by atoms with Gasteiger partial charge in [-0.05, 0) is 31.1 Å². The van der Waals surface area contributed by atoms with Gasteiger partial charge in [0.25, 0.3) is 0 Å². The Morgan fingerprint density at radius 1 is 1.30 bits per heavy atom. The summed E-state index contributed by atoms with van der Waals surface area (Å²) >= 11 is 0. The van der Waals surface area contributed by atoms with Crippen molar-refractivity contribution in [3.8, 4) is 0 Å². The molecule has 2 nitrogen and oxygen atoms in total. The van der Waals surface area contributed by atoms with Crippen LogP contribution in [0, 0.1) is 11.8 Å². The fourth-order valence-electron chi connectivity index (χ4n) is 2.44. The predicted molar refractivity (Wildman–Crippen MR) is 37.4 cm³/mol. The van der Waals surface area contributed by atoms with Crippen LogP contribution in [0.25, 0.3) is 0 Å². The van der Waals surface area contributed by atoms with Gasteiger partial charge < -0.3 is 0 Å². The fourth-order valence-corrected chi connectivity index (χ4v) is 2.44. The standard InChI is InChI=1S/C8H11NO/c10-5-9-8-4-6-1-2-7(8)3-6/h6-8H,1-4H2/t6-,7+,8+/m1/s1. The number of aliphatic imine (C=N–C) groups is 1. The Balaban J connectivity index is 2.08. The van der Waals surface area contributed by atoms with Crippen molar-refractivity contribution in [2.24, 2.45) is 16.8 Å². The first kappa shape index (κ1) is 6.11. The van der Waals surface area contributed by atoms with Crippen molar-refractivity contribution < 1.29 is 4.79 Å². The monoisotopic (exact) mass is 137 g/mol. The second kappa shape index (κ2) is 2.21. The van der Waals surface area contributed by atoms with E-state index in [2.05, 4.69) is 4.99 Å². The van der Waals surface area contributed by atoms with E-state index in [1.165, 1.54) is 19.3 Å².